The number of rotatable bonds is 8. The Morgan fingerprint density at radius 1 is 1.42 bits per heavy atom. The van der Waals surface area contributed by atoms with Gasteiger partial charge in [0.25, 0.3) is 0 Å². The maximum absolute atomic E-state index is 12.0. The van der Waals surface area contributed by atoms with Crippen molar-refractivity contribution >= 4 is 15.8 Å². The van der Waals surface area contributed by atoms with E-state index in [-0.39, 0.29) is 10.7 Å². The van der Waals surface area contributed by atoms with Crippen LogP contribution < -0.4 is 10.5 Å². The third kappa shape index (κ3) is 4.48. The normalized spacial score (nSPS) is 12.2. The van der Waals surface area contributed by atoms with Gasteiger partial charge in [0.1, 0.15) is 4.90 Å². The summed E-state index contributed by atoms with van der Waals surface area (Å²) in [6, 6.07) is 0. The Morgan fingerprint density at radius 2 is 2.05 bits per heavy atom. The van der Waals surface area contributed by atoms with Gasteiger partial charge in [-0.15, -0.1) is 0 Å². The highest BCUT2D eigenvalue weighted by molar-refractivity contribution is 7.89. The van der Waals surface area contributed by atoms with E-state index in [1.807, 2.05) is 0 Å². The van der Waals surface area contributed by atoms with Gasteiger partial charge in [-0.25, -0.2) is 13.1 Å². The van der Waals surface area contributed by atoms with Crippen LogP contribution in [0.2, 0.25) is 0 Å². The summed E-state index contributed by atoms with van der Waals surface area (Å²) in [6.07, 6.45) is 2.17. The summed E-state index contributed by atoms with van der Waals surface area (Å²) >= 11 is 0. The van der Waals surface area contributed by atoms with Crippen LogP contribution in [0.15, 0.2) is 11.1 Å². The first kappa shape index (κ1) is 15.9. The first-order chi connectivity index (χ1) is 8.90. The lowest BCUT2D eigenvalue weighted by molar-refractivity contribution is 0.300. The zero-order valence-electron chi connectivity index (χ0n) is 11.8. The minimum atomic E-state index is -3.56. The number of aryl methyl sites for hydroxylation is 1. The van der Waals surface area contributed by atoms with Crippen molar-refractivity contribution in [2.24, 2.45) is 7.05 Å². The van der Waals surface area contributed by atoms with E-state index < -0.39 is 10.0 Å². The van der Waals surface area contributed by atoms with Crippen LogP contribution in [0.3, 0.4) is 0 Å². The molecule has 0 fully saturated rings. The molecule has 1 heterocycles. The van der Waals surface area contributed by atoms with Gasteiger partial charge in [0.15, 0.2) is 5.82 Å². The lowest BCUT2D eigenvalue weighted by atomic mass is 10.4. The van der Waals surface area contributed by atoms with E-state index in [0.717, 1.165) is 26.1 Å². The number of nitrogens with zero attached hydrogens (tertiary/aromatic N) is 3. The zero-order valence-corrected chi connectivity index (χ0v) is 12.6. The van der Waals surface area contributed by atoms with Gasteiger partial charge in [-0.05, 0) is 26.1 Å². The molecular weight excluding hydrogens is 266 g/mol. The van der Waals surface area contributed by atoms with Crippen LogP contribution in [0.25, 0.3) is 0 Å². The number of hydrogen-bond acceptors (Lipinski definition) is 5. The number of nitrogens with one attached hydrogen (secondary N) is 1. The van der Waals surface area contributed by atoms with E-state index in [1.165, 1.54) is 10.9 Å². The molecule has 0 radical (unpaired) electrons. The van der Waals surface area contributed by atoms with E-state index in [0.29, 0.717) is 6.54 Å². The van der Waals surface area contributed by atoms with Crippen LogP contribution in [0.1, 0.15) is 20.3 Å². The van der Waals surface area contributed by atoms with Crippen molar-refractivity contribution in [2.75, 3.05) is 31.9 Å². The van der Waals surface area contributed by atoms with Gasteiger partial charge in [-0.3, -0.25) is 4.68 Å². The molecule has 110 valence electrons. The van der Waals surface area contributed by atoms with E-state index in [1.54, 1.807) is 7.05 Å². The topological polar surface area (TPSA) is 93.2 Å². The second-order valence-electron chi connectivity index (χ2n) is 4.33. The Labute approximate surface area is 114 Å². The van der Waals surface area contributed by atoms with Crippen LogP contribution in [0, 0.1) is 0 Å². The molecule has 0 amide bonds. The summed E-state index contributed by atoms with van der Waals surface area (Å²) in [7, 11) is -1.92. The van der Waals surface area contributed by atoms with Crippen LogP contribution in [0.4, 0.5) is 5.82 Å². The Balaban J connectivity index is 2.50. The van der Waals surface area contributed by atoms with Gasteiger partial charge in [-0.2, -0.15) is 5.10 Å². The number of nitrogens with two attached hydrogens (primary N) is 1. The molecule has 19 heavy (non-hydrogen) atoms. The molecule has 0 saturated carbocycles. The summed E-state index contributed by atoms with van der Waals surface area (Å²) in [6.45, 7) is 7.39. The first-order valence-corrected chi connectivity index (χ1v) is 7.90. The summed E-state index contributed by atoms with van der Waals surface area (Å²) in [4.78, 5) is 2.28. The van der Waals surface area contributed by atoms with Crippen LogP contribution >= 0.6 is 0 Å². The number of anilines is 1. The molecule has 1 aromatic rings. The van der Waals surface area contributed by atoms with Gasteiger partial charge in [0.2, 0.25) is 10.0 Å². The summed E-state index contributed by atoms with van der Waals surface area (Å²) < 4.78 is 27.9. The molecule has 0 unspecified atom stereocenters. The smallest absolute Gasteiger partial charge is 0.245 e. The van der Waals surface area contributed by atoms with Crippen molar-refractivity contribution in [1.29, 1.82) is 0 Å². The van der Waals surface area contributed by atoms with Gasteiger partial charge < -0.3 is 10.6 Å². The van der Waals surface area contributed by atoms with E-state index in [2.05, 4.69) is 28.6 Å². The molecule has 0 spiro atoms. The highest BCUT2D eigenvalue weighted by atomic mass is 32.2. The quantitative estimate of drug-likeness (QED) is 0.658. The molecule has 1 rings (SSSR count). The highest BCUT2D eigenvalue weighted by Gasteiger charge is 2.19. The predicted molar refractivity (Wildman–Crippen MR) is 75.2 cm³/mol. The minimum absolute atomic E-state index is 0.0266. The molecule has 0 aliphatic rings. The van der Waals surface area contributed by atoms with Gasteiger partial charge >= 0.3 is 0 Å². The van der Waals surface area contributed by atoms with Crippen LogP contribution in [-0.4, -0.2) is 49.3 Å². The highest BCUT2D eigenvalue weighted by Crippen LogP contribution is 2.14. The molecule has 0 aromatic carbocycles. The molecule has 0 aliphatic heterocycles. The molecule has 3 N–H and O–H groups in total. The Hall–Kier alpha value is -1.12. The zero-order chi connectivity index (χ0) is 14.5. The molecule has 0 bridgehead atoms. The summed E-state index contributed by atoms with van der Waals surface area (Å²) in [5.74, 6) is 0.0266. The molecule has 0 atom stereocenters. The largest absolute Gasteiger partial charge is 0.381 e. The second kappa shape index (κ2) is 6.88. The van der Waals surface area contributed by atoms with Crippen molar-refractivity contribution in [2.45, 2.75) is 25.2 Å². The number of sulfonamides is 1. The lowest BCUT2D eigenvalue weighted by Crippen LogP contribution is -2.30. The molecular formula is C11H23N5O2S. The monoisotopic (exact) mass is 289 g/mol. The standard InChI is InChI=1S/C11H23N5O2S/c1-4-16(5-2)8-6-7-13-19(17,18)10-9-15(3)14-11(10)12/h9,13H,4-8H2,1-3H3,(H2,12,14). The minimum Gasteiger partial charge on any atom is -0.381 e. The molecule has 0 saturated heterocycles. The van der Waals surface area contributed by atoms with Crippen LogP contribution in [0.5, 0.6) is 0 Å². The second-order valence-corrected chi connectivity index (χ2v) is 6.07. The van der Waals surface area contributed by atoms with Crippen molar-refractivity contribution in [3.8, 4) is 0 Å². The van der Waals surface area contributed by atoms with Gasteiger partial charge in [0, 0.05) is 19.8 Å². The average Bonchev–Trinajstić information content (AvgIpc) is 2.69. The Bertz CT molecular complexity index is 493. The van der Waals surface area contributed by atoms with E-state index in [9.17, 15) is 8.42 Å². The molecule has 7 nitrogen and oxygen atoms in total. The molecule has 0 aliphatic carbocycles. The number of aromatic nitrogens is 2. The van der Waals surface area contributed by atoms with E-state index >= 15 is 0 Å². The maximum Gasteiger partial charge on any atom is 0.245 e. The number of hydrogen-bond donors (Lipinski definition) is 2. The van der Waals surface area contributed by atoms with Crippen molar-refractivity contribution in [3.63, 3.8) is 0 Å². The molecule has 8 heteroatoms. The van der Waals surface area contributed by atoms with Crippen molar-refractivity contribution in [1.82, 2.24) is 19.4 Å². The summed E-state index contributed by atoms with van der Waals surface area (Å²) in [5, 5.41) is 3.83. The maximum atomic E-state index is 12.0. The Morgan fingerprint density at radius 3 is 2.53 bits per heavy atom. The van der Waals surface area contributed by atoms with E-state index in [4.69, 9.17) is 5.73 Å². The number of nitrogen functional groups attached to an aromatic ring is 1. The van der Waals surface area contributed by atoms with Gasteiger partial charge in [0.05, 0.1) is 0 Å². The van der Waals surface area contributed by atoms with Crippen molar-refractivity contribution < 1.29 is 8.42 Å². The summed E-state index contributed by atoms with van der Waals surface area (Å²) in [5.41, 5.74) is 5.56. The Kier molecular flexibility index (Phi) is 5.77. The predicted octanol–water partition coefficient (Wildman–Crippen LogP) is 0.0125. The fourth-order valence-corrected chi connectivity index (χ4v) is 2.99. The SMILES string of the molecule is CCN(CC)CCCNS(=O)(=O)c1cn(C)nc1N. The molecule has 1 aromatic heterocycles. The third-order valence-corrected chi connectivity index (χ3v) is 4.43. The lowest BCUT2D eigenvalue weighted by Gasteiger charge is -2.17. The van der Waals surface area contributed by atoms with Crippen LogP contribution in [-0.2, 0) is 17.1 Å². The third-order valence-electron chi connectivity index (χ3n) is 2.95. The van der Waals surface area contributed by atoms with Gasteiger partial charge in [-0.1, -0.05) is 13.8 Å². The fourth-order valence-electron chi connectivity index (χ4n) is 1.82. The average molecular weight is 289 g/mol. The first-order valence-electron chi connectivity index (χ1n) is 6.41. The fraction of sp³-hybridized carbons (Fsp3) is 0.727. The van der Waals surface area contributed by atoms with Crippen molar-refractivity contribution in [3.05, 3.63) is 6.20 Å².